The Labute approximate surface area is 191 Å². The zero-order chi connectivity index (χ0) is 22.8. The fraction of sp³-hybridized carbons (Fsp3) is 0.577. The molecular formula is C26H35N3O3. The molecule has 0 spiro atoms. The van der Waals surface area contributed by atoms with Crippen molar-refractivity contribution >= 4 is 29.0 Å². The second-order valence-electron chi connectivity index (χ2n) is 9.96. The number of carbonyl (C=O) groups excluding carboxylic acids is 3. The molecule has 1 aliphatic carbocycles. The Morgan fingerprint density at radius 3 is 2.06 bits per heavy atom. The highest BCUT2D eigenvalue weighted by Crippen LogP contribution is 2.38. The third kappa shape index (κ3) is 4.59. The number of likely N-dealkylation sites (tertiary alicyclic amines) is 1. The first-order valence-electron chi connectivity index (χ1n) is 12.1. The summed E-state index contributed by atoms with van der Waals surface area (Å²) in [6.07, 6.45) is 7.40. The summed E-state index contributed by atoms with van der Waals surface area (Å²) in [5.41, 5.74) is 2.52. The van der Waals surface area contributed by atoms with Crippen molar-refractivity contribution in [1.82, 2.24) is 9.80 Å². The number of benzene rings is 1. The monoisotopic (exact) mass is 437 g/mol. The molecule has 2 fully saturated rings. The average molecular weight is 438 g/mol. The van der Waals surface area contributed by atoms with Gasteiger partial charge in [0.05, 0.1) is 5.57 Å². The number of rotatable bonds is 4. The first kappa shape index (κ1) is 22.6. The lowest BCUT2D eigenvalue weighted by Crippen LogP contribution is -2.44. The van der Waals surface area contributed by atoms with E-state index in [1.54, 1.807) is 17.0 Å². The van der Waals surface area contributed by atoms with Crippen LogP contribution in [-0.4, -0.2) is 46.7 Å². The number of carbonyl (C=O) groups is 3. The number of imide groups is 1. The van der Waals surface area contributed by atoms with Crippen molar-refractivity contribution in [2.45, 2.75) is 71.8 Å². The minimum atomic E-state index is -0.157. The molecule has 6 heteroatoms. The third-order valence-electron chi connectivity index (χ3n) is 6.96. The van der Waals surface area contributed by atoms with E-state index in [-0.39, 0.29) is 23.8 Å². The maximum absolute atomic E-state index is 13.8. The summed E-state index contributed by atoms with van der Waals surface area (Å²) in [4.78, 5) is 42.7. The van der Waals surface area contributed by atoms with Gasteiger partial charge < -0.3 is 10.2 Å². The zero-order valence-corrected chi connectivity index (χ0v) is 19.5. The fourth-order valence-electron chi connectivity index (χ4n) is 5.71. The molecule has 1 aromatic carbocycles. The zero-order valence-electron chi connectivity index (χ0n) is 19.5. The molecular weight excluding hydrogens is 402 g/mol. The molecule has 1 saturated heterocycles. The number of hydrogen-bond acceptors (Lipinski definition) is 4. The molecule has 172 valence electrons. The fourth-order valence-corrected chi connectivity index (χ4v) is 5.71. The van der Waals surface area contributed by atoms with Gasteiger partial charge in [-0.1, -0.05) is 51.7 Å². The van der Waals surface area contributed by atoms with E-state index >= 15 is 0 Å². The molecule has 3 amide bonds. The Morgan fingerprint density at radius 2 is 1.50 bits per heavy atom. The van der Waals surface area contributed by atoms with Crippen molar-refractivity contribution in [2.24, 2.45) is 11.8 Å². The highest BCUT2D eigenvalue weighted by molar-refractivity contribution is 6.35. The van der Waals surface area contributed by atoms with Crippen LogP contribution in [0.3, 0.4) is 0 Å². The maximum Gasteiger partial charge on any atom is 0.278 e. The maximum atomic E-state index is 13.8. The van der Waals surface area contributed by atoms with Gasteiger partial charge in [0.15, 0.2) is 0 Å². The highest BCUT2D eigenvalue weighted by Gasteiger charge is 2.45. The summed E-state index contributed by atoms with van der Waals surface area (Å²) in [5.74, 6) is 0.536. The topological polar surface area (TPSA) is 69.7 Å². The van der Waals surface area contributed by atoms with Crippen LogP contribution in [0.1, 0.15) is 71.3 Å². The number of amides is 3. The lowest BCUT2D eigenvalue weighted by molar-refractivity contribution is -0.140. The van der Waals surface area contributed by atoms with Crippen molar-refractivity contribution in [2.75, 3.05) is 18.4 Å². The predicted molar refractivity (Wildman–Crippen MR) is 126 cm³/mol. The third-order valence-corrected chi connectivity index (χ3v) is 6.96. The van der Waals surface area contributed by atoms with Crippen LogP contribution in [0.4, 0.5) is 5.69 Å². The van der Waals surface area contributed by atoms with E-state index in [0.717, 1.165) is 50.8 Å². The van der Waals surface area contributed by atoms with Crippen molar-refractivity contribution < 1.29 is 14.4 Å². The van der Waals surface area contributed by atoms with Gasteiger partial charge >= 0.3 is 0 Å². The quantitative estimate of drug-likeness (QED) is 0.559. The van der Waals surface area contributed by atoms with Crippen LogP contribution >= 0.6 is 0 Å². The molecule has 32 heavy (non-hydrogen) atoms. The van der Waals surface area contributed by atoms with E-state index in [0.29, 0.717) is 28.8 Å². The molecule has 1 saturated carbocycles. The standard InChI is InChI=1S/C26H35N3O3/c1-17-14-18(2)16-28(15-17)24-23(20-10-12-21(13-11-20)27-19(3)30)25(31)29(26(24)32)22-8-6-4-5-7-9-22/h10-13,17-18,22H,4-9,14-16H2,1-3H3,(H,27,30). The van der Waals surface area contributed by atoms with Crippen molar-refractivity contribution in [3.63, 3.8) is 0 Å². The van der Waals surface area contributed by atoms with E-state index in [1.807, 2.05) is 12.1 Å². The number of hydrogen-bond donors (Lipinski definition) is 1. The van der Waals surface area contributed by atoms with Gasteiger partial charge in [-0.2, -0.15) is 0 Å². The predicted octanol–water partition coefficient (Wildman–Crippen LogP) is 4.43. The molecule has 2 atom stereocenters. The summed E-state index contributed by atoms with van der Waals surface area (Å²) in [6.45, 7) is 7.50. The molecule has 1 aromatic rings. The van der Waals surface area contributed by atoms with Gasteiger partial charge in [0.2, 0.25) is 5.91 Å². The Balaban J connectivity index is 1.73. The molecule has 4 rings (SSSR count). The van der Waals surface area contributed by atoms with Gasteiger partial charge in [-0.15, -0.1) is 0 Å². The van der Waals surface area contributed by atoms with Gasteiger partial charge in [0, 0.05) is 31.7 Å². The number of nitrogens with one attached hydrogen (secondary N) is 1. The smallest absolute Gasteiger partial charge is 0.278 e. The highest BCUT2D eigenvalue weighted by atomic mass is 16.2. The van der Waals surface area contributed by atoms with Crippen LogP contribution in [0.2, 0.25) is 0 Å². The first-order valence-corrected chi connectivity index (χ1v) is 12.1. The van der Waals surface area contributed by atoms with Crippen LogP contribution in [0, 0.1) is 11.8 Å². The van der Waals surface area contributed by atoms with Crippen molar-refractivity contribution in [3.05, 3.63) is 35.5 Å². The van der Waals surface area contributed by atoms with Gasteiger partial charge in [-0.3, -0.25) is 19.3 Å². The largest absolute Gasteiger partial charge is 0.366 e. The van der Waals surface area contributed by atoms with Crippen LogP contribution in [0.15, 0.2) is 30.0 Å². The first-order chi connectivity index (χ1) is 15.3. The average Bonchev–Trinajstić information content (AvgIpc) is 2.89. The molecule has 0 aromatic heterocycles. The molecule has 3 aliphatic rings. The Morgan fingerprint density at radius 1 is 0.906 bits per heavy atom. The van der Waals surface area contributed by atoms with E-state index in [1.165, 1.54) is 19.8 Å². The van der Waals surface area contributed by atoms with Crippen molar-refractivity contribution in [3.8, 4) is 0 Å². The lowest BCUT2D eigenvalue weighted by atomic mass is 9.91. The summed E-state index contributed by atoms with van der Waals surface area (Å²) >= 11 is 0. The minimum absolute atomic E-state index is 0.0108. The molecule has 0 radical (unpaired) electrons. The normalized spacial score (nSPS) is 25.3. The van der Waals surface area contributed by atoms with Crippen molar-refractivity contribution in [1.29, 1.82) is 0 Å². The molecule has 0 bridgehead atoms. The lowest BCUT2D eigenvalue weighted by Gasteiger charge is -2.37. The van der Waals surface area contributed by atoms with Crippen LogP contribution in [-0.2, 0) is 14.4 Å². The molecule has 2 heterocycles. The Kier molecular flexibility index (Phi) is 6.68. The second-order valence-corrected chi connectivity index (χ2v) is 9.96. The van der Waals surface area contributed by atoms with Crippen LogP contribution < -0.4 is 5.32 Å². The van der Waals surface area contributed by atoms with E-state index in [9.17, 15) is 14.4 Å². The summed E-state index contributed by atoms with van der Waals surface area (Å²) in [7, 11) is 0. The van der Waals surface area contributed by atoms with E-state index < -0.39 is 0 Å². The van der Waals surface area contributed by atoms with E-state index in [2.05, 4.69) is 24.1 Å². The summed E-state index contributed by atoms with van der Waals surface area (Å²) in [5, 5.41) is 2.77. The molecule has 1 N–H and O–H groups in total. The number of nitrogens with zero attached hydrogens (tertiary/aromatic N) is 2. The minimum Gasteiger partial charge on any atom is -0.366 e. The van der Waals surface area contributed by atoms with Crippen LogP contribution in [0.5, 0.6) is 0 Å². The van der Waals surface area contributed by atoms with Gasteiger partial charge in [-0.25, -0.2) is 0 Å². The molecule has 6 nitrogen and oxygen atoms in total. The summed E-state index contributed by atoms with van der Waals surface area (Å²) in [6, 6.07) is 7.28. The molecule has 2 aliphatic heterocycles. The number of piperidine rings is 1. The number of anilines is 1. The Hall–Kier alpha value is -2.63. The Bertz CT molecular complexity index is 903. The van der Waals surface area contributed by atoms with E-state index in [4.69, 9.17) is 0 Å². The molecule has 2 unspecified atom stereocenters. The van der Waals surface area contributed by atoms with Gasteiger partial charge in [0.1, 0.15) is 5.70 Å². The second kappa shape index (κ2) is 9.47. The van der Waals surface area contributed by atoms with Gasteiger partial charge in [-0.05, 0) is 48.8 Å². The van der Waals surface area contributed by atoms with Gasteiger partial charge in [0.25, 0.3) is 11.8 Å². The SMILES string of the molecule is CC(=O)Nc1ccc(C2=C(N3CC(C)CC(C)C3)C(=O)N(C3CCCCCC3)C2=O)cc1. The van der Waals surface area contributed by atoms with Crippen LogP contribution in [0.25, 0.3) is 5.57 Å². The summed E-state index contributed by atoms with van der Waals surface area (Å²) < 4.78 is 0.